The van der Waals surface area contributed by atoms with Crippen LogP contribution in [0, 0.1) is 5.41 Å². The van der Waals surface area contributed by atoms with E-state index in [0.29, 0.717) is 37.2 Å². The Morgan fingerprint density at radius 1 is 1.16 bits per heavy atom. The molecule has 1 saturated heterocycles. The summed E-state index contributed by atoms with van der Waals surface area (Å²) in [6.07, 6.45) is 2.42. The number of aromatic nitrogens is 1. The number of hydrogen-bond donors (Lipinski definition) is 4. The zero-order chi connectivity index (χ0) is 22.8. The van der Waals surface area contributed by atoms with Crippen LogP contribution in [0.2, 0.25) is 0 Å². The summed E-state index contributed by atoms with van der Waals surface area (Å²) in [7, 11) is 3.61. The number of nitrogens with zero attached hydrogens (tertiary/aromatic N) is 2. The topological polar surface area (TPSA) is 118 Å². The quantitative estimate of drug-likeness (QED) is 0.354. The first-order valence-corrected chi connectivity index (χ1v) is 10.6. The van der Waals surface area contributed by atoms with Crippen molar-refractivity contribution < 1.29 is 9.59 Å². The average Bonchev–Trinajstić information content (AvgIpc) is 3.21. The first-order chi connectivity index (χ1) is 15.3. The number of nitrogen functional groups attached to an aromatic ring is 1. The first kappa shape index (κ1) is 21.4. The highest BCUT2D eigenvalue weighted by Crippen LogP contribution is 2.23. The Morgan fingerprint density at radius 3 is 2.50 bits per heavy atom. The summed E-state index contributed by atoms with van der Waals surface area (Å²) in [4.78, 5) is 31.0. The second kappa shape index (κ2) is 8.74. The molecule has 8 heteroatoms. The number of nitrogens with two attached hydrogens (primary N) is 1. The average molecular weight is 433 g/mol. The van der Waals surface area contributed by atoms with Gasteiger partial charge in [0, 0.05) is 67.9 Å². The molecule has 0 atom stereocenters. The largest absolute Gasteiger partial charge is 0.384 e. The third-order valence-electron chi connectivity index (χ3n) is 6.02. The summed E-state index contributed by atoms with van der Waals surface area (Å²) in [5, 5.41) is 11.6. The second-order valence-corrected chi connectivity index (χ2v) is 8.36. The van der Waals surface area contributed by atoms with Gasteiger partial charge in [-0.25, -0.2) is 4.79 Å². The number of H-pyrrole nitrogens is 1. The fourth-order valence-electron chi connectivity index (χ4n) is 4.25. The molecule has 8 nitrogen and oxygen atoms in total. The third-order valence-corrected chi connectivity index (χ3v) is 6.02. The molecule has 5 N–H and O–H groups in total. The minimum Gasteiger partial charge on any atom is -0.384 e. The fraction of sp³-hybridized carbons (Fsp3) is 0.292. The van der Waals surface area contributed by atoms with Crippen LogP contribution < -0.4 is 11.1 Å². The molecule has 0 radical (unpaired) electrons. The highest BCUT2D eigenvalue weighted by Gasteiger charge is 2.28. The molecule has 0 spiro atoms. The number of urea groups is 1. The summed E-state index contributed by atoms with van der Waals surface area (Å²) in [5.41, 5.74) is 10.1. The first-order valence-electron chi connectivity index (χ1n) is 10.6. The van der Waals surface area contributed by atoms with Gasteiger partial charge in [-0.05, 0) is 41.8 Å². The number of hydrogen-bond acceptors (Lipinski definition) is 3. The van der Waals surface area contributed by atoms with Crippen molar-refractivity contribution in [3.8, 4) is 0 Å². The summed E-state index contributed by atoms with van der Waals surface area (Å²) in [6, 6.07) is 13.6. The highest BCUT2D eigenvalue weighted by atomic mass is 16.2. The normalized spacial score (nSPS) is 14.8. The van der Waals surface area contributed by atoms with Crippen molar-refractivity contribution >= 4 is 28.7 Å². The lowest BCUT2D eigenvalue weighted by molar-refractivity contribution is 0.0954. The van der Waals surface area contributed by atoms with E-state index in [-0.39, 0.29) is 23.7 Å². The summed E-state index contributed by atoms with van der Waals surface area (Å²) >= 11 is 0. The Balaban J connectivity index is 1.34. The van der Waals surface area contributed by atoms with Gasteiger partial charge in [-0.1, -0.05) is 18.2 Å². The number of carbonyl (C=O) groups is 2. The number of likely N-dealkylation sites (N-methyl/N-ethyl adjacent to an activating group) is 2. The van der Waals surface area contributed by atoms with Gasteiger partial charge in [-0.15, -0.1) is 0 Å². The van der Waals surface area contributed by atoms with Crippen LogP contribution in [0.1, 0.15) is 33.0 Å². The standard InChI is InChI=1S/C24H28N6O2/c1-29-13-18(14-30(2)24(29)32)16-4-6-17(7-5-16)23(31)27-10-9-15-3-8-21-19(11-15)20(12-28-21)22(25)26/h3-8,11-12,18,28H,9-10,13-14H2,1-2H3,(H3,25,26)(H,27,31). The van der Waals surface area contributed by atoms with Crippen LogP contribution >= 0.6 is 0 Å². The minimum atomic E-state index is -0.114. The predicted molar refractivity (Wildman–Crippen MR) is 125 cm³/mol. The van der Waals surface area contributed by atoms with E-state index in [4.69, 9.17) is 11.1 Å². The maximum absolute atomic E-state index is 12.6. The third kappa shape index (κ3) is 4.30. The molecule has 1 aliphatic rings. The monoisotopic (exact) mass is 432 g/mol. The molecule has 1 fully saturated rings. The van der Waals surface area contributed by atoms with E-state index in [9.17, 15) is 9.59 Å². The van der Waals surface area contributed by atoms with Crippen LogP contribution in [0.3, 0.4) is 0 Å². The van der Waals surface area contributed by atoms with Gasteiger partial charge in [-0.3, -0.25) is 10.2 Å². The van der Waals surface area contributed by atoms with E-state index in [2.05, 4.69) is 10.3 Å². The summed E-state index contributed by atoms with van der Waals surface area (Å²) < 4.78 is 0. The van der Waals surface area contributed by atoms with Crippen molar-refractivity contribution in [2.45, 2.75) is 12.3 Å². The molecule has 3 aromatic rings. The molecule has 1 aromatic heterocycles. The van der Waals surface area contributed by atoms with Gasteiger partial charge in [0.15, 0.2) is 0 Å². The van der Waals surface area contributed by atoms with Crippen molar-refractivity contribution in [3.63, 3.8) is 0 Å². The smallest absolute Gasteiger partial charge is 0.319 e. The van der Waals surface area contributed by atoms with Crippen molar-refractivity contribution in [3.05, 3.63) is 70.9 Å². The van der Waals surface area contributed by atoms with Crippen molar-refractivity contribution in [1.29, 1.82) is 5.41 Å². The van der Waals surface area contributed by atoms with Crippen molar-refractivity contribution in [1.82, 2.24) is 20.1 Å². The minimum absolute atomic E-state index is 0.0308. The Bertz CT molecular complexity index is 1150. The number of aromatic amines is 1. The van der Waals surface area contributed by atoms with Gasteiger partial charge >= 0.3 is 6.03 Å². The molecule has 2 aromatic carbocycles. The maximum Gasteiger partial charge on any atom is 0.319 e. The molecule has 166 valence electrons. The summed E-state index contributed by atoms with van der Waals surface area (Å²) in [5.74, 6) is 0.142. The molecule has 0 aliphatic carbocycles. The molecule has 1 aliphatic heterocycles. The van der Waals surface area contributed by atoms with Crippen LogP contribution in [0.15, 0.2) is 48.7 Å². The van der Waals surface area contributed by atoms with E-state index >= 15 is 0 Å². The predicted octanol–water partition coefficient (Wildman–Crippen LogP) is 2.51. The van der Waals surface area contributed by atoms with E-state index in [1.54, 1.807) is 16.0 Å². The maximum atomic E-state index is 12.6. The summed E-state index contributed by atoms with van der Waals surface area (Å²) in [6.45, 7) is 1.85. The van der Waals surface area contributed by atoms with E-state index in [1.165, 1.54) is 0 Å². The molecule has 0 bridgehead atoms. The number of fused-ring (bicyclic) bond motifs is 1. The number of nitrogens with one attached hydrogen (secondary N) is 3. The van der Waals surface area contributed by atoms with Crippen molar-refractivity contribution in [2.24, 2.45) is 5.73 Å². The van der Waals surface area contributed by atoms with Gasteiger partial charge in [0.25, 0.3) is 5.91 Å². The lowest BCUT2D eigenvalue weighted by Gasteiger charge is -2.36. The SMILES string of the molecule is CN1CC(c2ccc(C(=O)NCCc3ccc4[nH]cc(C(=N)N)c4c3)cc2)CN(C)C1=O. The molecular weight excluding hydrogens is 404 g/mol. The zero-order valence-corrected chi connectivity index (χ0v) is 18.3. The number of carbonyl (C=O) groups excluding carboxylic acids is 2. The molecule has 0 saturated carbocycles. The molecule has 2 heterocycles. The molecular formula is C24H28N6O2. The Hall–Kier alpha value is -3.81. The van der Waals surface area contributed by atoms with Crippen molar-refractivity contribution in [2.75, 3.05) is 33.7 Å². The van der Waals surface area contributed by atoms with Gasteiger partial charge in [0.2, 0.25) is 0 Å². The molecule has 3 amide bonds. The number of benzene rings is 2. The lowest BCUT2D eigenvalue weighted by Crippen LogP contribution is -2.48. The van der Waals surface area contributed by atoms with E-state index < -0.39 is 0 Å². The van der Waals surface area contributed by atoms with Gasteiger partial charge < -0.3 is 25.8 Å². The van der Waals surface area contributed by atoms with E-state index in [0.717, 1.165) is 22.0 Å². The molecule has 0 unspecified atom stereocenters. The van der Waals surface area contributed by atoms with Gasteiger partial charge in [0.1, 0.15) is 5.84 Å². The fourth-order valence-corrected chi connectivity index (χ4v) is 4.25. The van der Waals surface area contributed by atoms with Crippen LogP contribution in [-0.2, 0) is 6.42 Å². The van der Waals surface area contributed by atoms with Gasteiger partial charge in [-0.2, -0.15) is 0 Å². The molecule has 4 rings (SSSR count). The second-order valence-electron chi connectivity index (χ2n) is 8.36. The zero-order valence-electron chi connectivity index (χ0n) is 18.3. The Morgan fingerprint density at radius 2 is 1.84 bits per heavy atom. The lowest BCUT2D eigenvalue weighted by atomic mass is 9.95. The van der Waals surface area contributed by atoms with Gasteiger partial charge in [0.05, 0.1) is 0 Å². The number of amides is 3. The Kier molecular flexibility index (Phi) is 5.85. The Labute approximate surface area is 186 Å². The molecule has 32 heavy (non-hydrogen) atoms. The highest BCUT2D eigenvalue weighted by molar-refractivity contribution is 6.07. The number of amidine groups is 1. The van der Waals surface area contributed by atoms with E-state index in [1.807, 2.05) is 56.6 Å². The van der Waals surface area contributed by atoms with Crippen LogP contribution in [0.5, 0.6) is 0 Å². The van der Waals surface area contributed by atoms with Crippen LogP contribution in [-0.4, -0.2) is 66.3 Å². The number of rotatable bonds is 6. The van der Waals surface area contributed by atoms with Crippen LogP contribution in [0.4, 0.5) is 4.79 Å². The van der Waals surface area contributed by atoms with Crippen LogP contribution in [0.25, 0.3) is 10.9 Å².